The van der Waals surface area contributed by atoms with Crippen LogP contribution in [0.25, 0.3) is 0 Å². The van der Waals surface area contributed by atoms with Gasteiger partial charge in [0.25, 0.3) is 0 Å². The second-order valence-electron chi connectivity index (χ2n) is 7.28. The van der Waals surface area contributed by atoms with Crippen molar-refractivity contribution >= 4 is 41.0 Å². The molecule has 2 aliphatic heterocycles. The maximum atomic E-state index is 12.6. The molecule has 4 rings (SSSR count). The Morgan fingerprint density at radius 3 is 2.43 bits per heavy atom. The van der Waals surface area contributed by atoms with E-state index in [0.29, 0.717) is 24.6 Å². The largest absolute Gasteiger partial charge is 0.342 e. The summed E-state index contributed by atoms with van der Waals surface area (Å²) in [5, 5.41) is 0. The molecule has 2 saturated heterocycles. The first-order chi connectivity index (χ1) is 13.6. The van der Waals surface area contributed by atoms with Crippen molar-refractivity contribution < 1.29 is 9.59 Å². The van der Waals surface area contributed by atoms with Gasteiger partial charge in [-0.1, -0.05) is 35.9 Å². The van der Waals surface area contributed by atoms with E-state index in [1.807, 2.05) is 52.3 Å². The third-order valence-corrected chi connectivity index (χ3v) is 7.93. The van der Waals surface area contributed by atoms with Crippen LogP contribution in [0.3, 0.4) is 0 Å². The van der Waals surface area contributed by atoms with Crippen LogP contribution in [-0.2, 0) is 9.59 Å². The molecule has 0 unspecified atom stereocenters. The number of nitrogens with zero attached hydrogens (tertiary/aromatic N) is 2. The molecular formula is C22H24N2O2S2. The molecule has 0 saturated carbocycles. The summed E-state index contributed by atoms with van der Waals surface area (Å²) in [6, 6.07) is 18.2. The molecule has 1 spiro atoms. The van der Waals surface area contributed by atoms with E-state index in [9.17, 15) is 9.59 Å². The van der Waals surface area contributed by atoms with E-state index >= 15 is 0 Å². The van der Waals surface area contributed by atoms with Gasteiger partial charge in [0.1, 0.15) is 0 Å². The van der Waals surface area contributed by atoms with Crippen LogP contribution < -0.4 is 4.90 Å². The van der Waals surface area contributed by atoms with Crippen LogP contribution in [0.2, 0.25) is 0 Å². The Hall–Kier alpha value is -1.92. The van der Waals surface area contributed by atoms with E-state index in [0.717, 1.165) is 23.4 Å². The van der Waals surface area contributed by atoms with Crippen LogP contribution in [0, 0.1) is 6.92 Å². The number of piperidine rings is 1. The van der Waals surface area contributed by atoms with Gasteiger partial charge in [-0.25, -0.2) is 0 Å². The van der Waals surface area contributed by atoms with E-state index in [2.05, 4.69) is 19.1 Å². The lowest BCUT2D eigenvalue weighted by molar-refractivity contribution is -0.129. The Morgan fingerprint density at radius 1 is 1.07 bits per heavy atom. The van der Waals surface area contributed by atoms with Crippen LogP contribution >= 0.6 is 23.5 Å². The van der Waals surface area contributed by atoms with Crippen molar-refractivity contribution in [1.29, 1.82) is 0 Å². The fourth-order valence-electron chi connectivity index (χ4n) is 3.85. The molecule has 2 amide bonds. The Balaban J connectivity index is 1.40. The zero-order valence-corrected chi connectivity index (χ0v) is 17.6. The number of aryl methyl sites for hydroxylation is 1. The Labute approximate surface area is 174 Å². The normalized spacial score (nSPS) is 18.7. The summed E-state index contributed by atoms with van der Waals surface area (Å²) in [5.41, 5.74) is 2.16. The van der Waals surface area contributed by atoms with Gasteiger partial charge in [-0.05, 0) is 44.0 Å². The molecule has 0 aliphatic carbocycles. The predicted octanol–water partition coefficient (Wildman–Crippen LogP) is 4.19. The fourth-order valence-corrected chi connectivity index (χ4v) is 6.00. The first kappa shape index (κ1) is 19.4. The number of hydrogen-bond donors (Lipinski definition) is 0. The highest BCUT2D eigenvalue weighted by atomic mass is 32.2. The summed E-state index contributed by atoms with van der Waals surface area (Å²) in [6.45, 7) is 3.46. The number of benzene rings is 2. The van der Waals surface area contributed by atoms with E-state index < -0.39 is 0 Å². The van der Waals surface area contributed by atoms with Gasteiger partial charge in [0, 0.05) is 23.7 Å². The molecule has 0 atom stereocenters. The van der Waals surface area contributed by atoms with Crippen LogP contribution in [0.4, 0.5) is 5.69 Å². The molecule has 28 heavy (non-hydrogen) atoms. The van der Waals surface area contributed by atoms with E-state index in [1.54, 1.807) is 23.5 Å². The molecule has 0 aromatic heterocycles. The molecule has 0 radical (unpaired) electrons. The lowest BCUT2D eigenvalue weighted by Gasteiger charge is -2.44. The molecule has 2 aromatic rings. The first-order valence-corrected chi connectivity index (χ1v) is 11.5. The second-order valence-corrected chi connectivity index (χ2v) is 9.67. The average Bonchev–Trinajstić information content (AvgIpc) is 3.04. The molecule has 2 aliphatic rings. The van der Waals surface area contributed by atoms with Gasteiger partial charge >= 0.3 is 0 Å². The summed E-state index contributed by atoms with van der Waals surface area (Å²) in [5.74, 6) is 1.34. The summed E-state index contributed by atoms with van der Waals surface area (Å²) in [4.78, 5) is 30.1. The first-order valence-electron chi connectivity index (χ1n) is 9.57. The zero-order valence-electron chi connectivity index (χ0n) is 16.0. The Morgan fingerprint density at radius 2 is 1.75 bits per heavy atom. The van der Waals surface area contributed by atoms with Crippen molar-refractivity contribution in [2.45, 2.75) is 29.5 Å². The molecular weight excluding hydrogens is 388 g/mol. The van der Waals surface area contributed by atoms with Crippen LogP contribution in [0.15, 0.2) is 59.5 Å². The number of carbonyl (C=O) groups is 2. The van der Waals surface area contributed by atoms with Gasteiger partial charge < -0.3 is 4.90 Å². The zero-order chi connectivity index (χ0) is 19.6. The van der Waals surface area contributed by atoms with Crippen molar-refractivity contribution in [3.63, 3.8) is 0 Å². The molecule has 0 bridgehead atoms. The van der Waals surface area contributed by atoms with Crippen molar-refractivity contribution in [3.8, 4) is 0 Å². The molecule has 6 heteroatoms. The summed E-state index contributed by atoms with van der Waals surface area (Å²) >= 11 is 3.32. The SMILES string of the molecule is Cc1ccc(N2C(=O)CSC23CCN(C(=O)CSc2ccccc2)CC3)cc1. The standard InChI is InChI=1S/C22H24N2O2S2/c1-17-7-9-18(10-8-17)24-21(26)16-28-22(24)11-13-23(14-12-22)20(25)15-27-19-5-3-2-4-6-19/h2-10H,11-16H2,1H3. The van der Waals surface area contributed by atoms with Crippen LogP contribution in [0.1, 0.15) is 18.4 Å². The minimum Gasteiger partial charge on any atom is -0.342 e. The van der Waals surface area contributed by atoms with Crippen molar-refractivity contribution in [1.82, 2.24) is 4.90 Å². The number of rotatable bonds is 4. The second kappa shape index (κ2) is 8.21. The minimum atomic E-state index is -0.213. The predicted molar refractivity (Wildman–Crippen MR) is 117 cm³/mol. The minimum absolute atomic E-state index is 0.174. The molecule has 4 nitrogen and oxygen atoms in total. The number of anilines is 1. The molecule has 146 valence electrons. The third-order valence-electron chi connectivity index (χ3n) is 5.42. The average molecular weight is 413 g/mol. The van der Waals surface area contributed by atoms with E-state index in [1.165, 1.54) is 5.56 Å². The van der Waals surface area contributed by atoms with Gasteiger partial charge in [-0.2, -0.15) is 0 Å². The van der Waals surface area contributed by atoms with Crippen LogP contribution in [0.5, 0.6) is 0 Å². The van der Waals surface area contributed by atoms with Gasteiger partial charge in [-0.15, -0.1) is 23.5 Å². The van der Waals surface area contributed by atoms with Crippen molar-refractivity contribution in [3.05, 3.63) is 60.2 Å². The number of thioether (sulfide) groups is 2. The maximum absolute atomic E-state index is 12.6. The lowest BCUT2D eigenvalue weighted by atomic mass is 10.0. The van der Waals surface area contributed by atoms with E-state index in [4.69, 9.17) is 0 Å². The molecule has 2 fully saturated rings. The quantitative estimate of drug-likeness (QED) is 0.706. The number of likely N-dealkylation sites (tertiary alicyclic amines) is 1. The van der Waals surface area contributed by atoms with Crippen molar-refractivity contribution in [2.75, 3.05) is 29.5 Å². The number of carbonyl (C=O) groups excluding carboxylic acids is 2. The van der Waals surface area contributed by atoms with Gasteiger partial charge in [0.15, 0.2) is 0 Å². The summed E-state index contributed by atoms with van der Waals surface area (Å²) < 4.78 is 0. The van der Waals surface area contributed by atoms with Crippen molar-refractivity contribution in [2.24, 2.45) is 0 Å². The summed E-state index contributed by atoms with van der Waals surface area (Å²) in [7, 11) is 0. The third kappa shape index (κ3) is 3.94. The molecule has 2 heterocycles. The van der Waals surface area contributed by atoms with E-state index in [-0.39, 0.29) is 16.7 Å². The maximum Gasteiger partial charge on any atom is 0.238 e. The number of hydrogen-bond acceptors (Lipinski definition) is 4. The Kier molecular flexibility index (Phi) is 5.69. The monoisotopic (exact) mass is 412 g/mol. The Bertz CT molecular complexity index is 847. The fraction of sp³-hybridized carbons (Fsp3) is 0.364. The lowest BCUT2D eigenvalue weighted by Crippen LogP contribution is -2.53. The highest BCUT2D eigenvalue weighted by Crippen LogP contribution is 2.46. The number of amides is 2. The van der Waals surface area contributed by atoms with Crippen LogP contribution in [-0.4, -0.2) is 46.2 Å². The smallest absolute Gasteiger partial charge is 0.238 e. The summed E-state index contributed by atoms with van der Waals surface area (Å²) in [6.07, 6.45) is 1.64. The highest BCUT2D eigenvalue weighted by Gasteiger charge is 2.49. The molecule has 0 N–H and O–H groups in total. The van der Waals surface area contributed by atoms with Gasteiger partial charge in [0.05, 0.1) is 16.4 Å². The van der Waals surface area contributed by atoms with Gasteiger partial charge in [-0.3, -0.25) is 14.5 Å². The highest BCUT2D eigenvalue weighted by molar-refractivity contribution is 8.02. The molecule has 2 aromatic carbocycles. The topological polar surface area (TPSA) is 40.6 Å². The van der Waals surface area contributed by atoms with Gasteiger partial charge in [0.2, 0.25) is 11.8 Å².